The van der Waals surface area contributed by atoms with Crippen molar-refractivity contribution in [3.8, 4) is 11.5 Å². The summed E-state index contributed by atoms with van der Waals surface area (Å²) in [5, 5.41) is 9.42. The number of aryl methyl sites for hydroxylation is 1. The molecule has 0 aliphatic heterocycles. The zero-order valence-corrected chi connectivity index (χ0v) is 7.66. The SMILES string of the molecule is Cc1ccc(OC(C)C)c(O)c1. The number of rotatable bonds is 2. The highest BCUT2D eigenvalue weighted by Crippen LogP contribution is 2.27. The molecule has 0 aromatic heterocycles. The van der Waals surface area contributed by atoms with Crippen molar-refractivity contribution in [2.24, 2.45) is 0 Å². The van der Waals surface area contributed by atoms with E-state index in [1.165, 1.54) is 0 Å². The van der Waals surface area contributed by atoms with Crippen molar-refractivity contribution in [2.45, 2.75) is 26.9 Å². The third-order valence-electron chi connectivity index (χ3n) is 1.48. The van der Waals surface area contributed by atoms with Gasteiger partial charge in [0.25, 0.3) is 0 Å². The smallest absolute Gasteiger partial charge is 0.161 e. The highest BCUT2D eigenvalue weighted by Gasteiger charge is 2.03. The first kappa shape index (κ1) is 8.91. The molecule has 1 N–H and O–H groups in total. The van der Waals surface area contributed by atoms with Gasteiger partial charge in [0, 0.05) is 0 Å². The predicted octanol–water partition coefficient (Wildman–Crippen LogP) is 2.49. The third-order valence-corrected chi connectivity index (χ3v) is 1.48. The maximum atomic E-state index is 9.42. The Morgan fingerprint density at radius 3 is 2.50 bits per heavy atom. The van der Waals surface area contributed by atoms with Gasteiger partial charge in [0.1, 0.15) is 0 Å². The van der Waals surface area contributed by atoms with Crippen LogP contribution in [-0.2, 0) is 0 Å². The Hall–Kier alpha value is -1.18. The van der Waals surface area contributed by atoms with Crippen LogP contribution in [0.1, 0.15) is 19.4 Å². The summed E-state index contributed by atoms with van der Waals surface area (Å²) in [7, 11) is 0. The molecule has 1 aromatic rings. The fraction of sp³-hybridized carbons (Fsp3) is 0.400. The van der Waals surface area contributed by atoms with Crippen molar-refractivity contribution in [2.75, 3.05) is 0 Å². The summed E-state index contributed by atoms with van der Waals surface area (Å²) in [4.78, 5) is 0. The number of aromatic hydroxyl groups is 1. The third kappa shape index (κ3) is 2.16. The van der Waals surface area contributed by atoms with Crippen LogP contribution < -0.4 is 4.74 Å². The van der Waals surface area contributed by atoms with Crippen LogP contribution in [0.25, 0.3) is 0 Å². The second-order valence-electron chi connectivity index (χ2n) is 3.14. The Morgan fingerprint density at radius 1 is 1.33 bits per heavy atom. The van der Waals surface area contributed by atoms with Crippen molar-refractivity contribution in [3.63, 3.8) is 0 Å². The van der Waals surface area contributed by atoms with E-state index in [4.69, 9.17) is 4.74 Å². The lowest BCUT2D eigenvalue weighted by molar-refractivity contribution is 0.232. The Bertz CT molecular complexity index is 267. The van der Waals surface area contributed by atoms with E-state index < -0.39 is 0 Å². The minimum absolute atomic E-state index is 0.0959. The lowest BCUT2D eigenvalue weighted by Gasteiger charge is -2.11. The minimum atomic E-state index is 0.0959. The zero-order chi connectivity index (χ0) is 9.14. The van der Waals surface area contributed by atoms with Crippen LogP contribution in [-0.4, -0.2) is 11.2 Å². The summed E-state index contributed by atoms with van der Waals surface area (Å²) < 4.78 is 5.35. The van der Waals surface area contributed by atoms with Gasteiger partial charge in [0.05, 0.1) is 6.10 Å². The molecule has 66 valence electrons. The van der Waals surface area contributed by atoms with Crippen LogP contribution in [0.5, 0.6) is 11.5 Å². The lowest BCUT2D eigenvalue weighted by atomic mass is 10.2. The van der Waals surface area contributed by atoms with Crippen molar-refractivity contribution in [1.82, 2.24) is 0 Å². The quantitative estimate of drug-likeness (QED) is 0.731. The Balaban J connectivity index is 2.86. The normalized spacial score (nSPS) is 10.3. The summed E-state index contributed by atoms with van der Waals surface area (Å²) in [6.07, 6.45) is 0.0959. The molecule has 2 heteroatoms. The molecule has 1 rings (SSSR count). The molecule has 0 atom stereocenters. The molecule has 0 aliphatic carbocycles. The van der Waals surface area contributed by atoms with Gasteiger partial charge in [-0.25, -0.2) is 0 Å². The fourth-order valence-corrected chi connectivity index (χ4v) is 0.981. The minimum Gasteiger partial charge on any atom is -0.504 e. The summed E-state index contributed by atoms with van der Waals surface area (Å²) >= 11 is 0. The van der Waals surface area contributed by atoms with Gasteiger partial charge in [-0.2, -0.15) is 0 Å². The van der Waals surface area contributed by atoms with E-state index in [0.29, 0.717) is 5.75 Å². The average Bonchev–Trinajstić information content (AvgIpc) is 1.94. The Kier molecular flexibility index (Phi) is 2.58. The number of hydrogen-bond acceptors (Lipinski definition) is 2. The van der Waals surface area contributed by atoms with Gasteiger partial charge in [0.2, 0.25) is 0 Å². The van der Waals surface area contributed by atoms with Crippen LogP contribution >= 0.6 is 0 Å². The van der Waals surface area contributed by atoms with Gasteiger partial charge in [-0.1, -0.05) is 6.07 Å². The number of phenolic OH excluding ortho intramolecular Hbond substituents is 1. The second-order valence-corrected chi connectivity index (χ2v) is 3.14. The molecule has 0 amide bonds. The van der Waals surface area contributed by atoms with Crippen molar-refractivity contribution < 1.29 is 9.84 Å². The van der Waals surface area contributed by atoms with Gasteiger partial charge in [-0.3, -0.25) is 0 Å². The molecular formula is C10H14O2. The molecule has 0 bridgehead atoms. The number of ether oxygens (including phenoxy) is 1. The largest absolute Gasteiger partial charge is 0.504 e. The number of phenols is 1. The van der Waals surface area contributed by atoms with E-state index in [0.717, 1.165) is 5.56 Å². The van der Waals surface area contributed by atoms with E-state index in [1.807, 2.05) is 26.8 Å². The molecule has 1 aromatic carbocycles. The molecule has 0 heterocycles. The summed E-state index contributed by atoms with van der Waals surface area (Å²) in [5.74, 6) is 0.763. The molecule has 0 saturated heterocycles. The van der Waals surface area contributed by atoms with E-state index >= 15 is 0 Å². The second kappa shape index (κ2) is 3.48. The van der Waals surface area contributed by atoms with Crippen LogP contribution in [0.15, 0.2) is 18.2 Å². The lowest BCUT2D eigenvalue weighted by Crippen LogP contribution is -2.05. The van der Waals surface area contributed by atoms with Gasteiger partial charge in [-0.05, 0) is 38.5 Å². The molecule has 2 nitrogen and oxygen atoms in total. The van der Waals surface area contributed by atoms with Crippen LogP contribution in [0.2, 0.25) is 0 Å². The van der Waals surface area contributed by atoms with E-state index in [1.54, 1.807) is 12.1 Å². The molecule has 0 fully saturated rings. The molecule has 0 spiro atoms. The molecule has 12 heavy (non-hydrogen) atoms. The molecule has 0 unspecified atom stereocenters. The van der Waals surface area contributed by atoms with Gasteiger partial charge >= 0.3 is 0 Å². The van der Waals surface area contributed by atoms with Crippen LogP contribution in [0, 0.1) is 6.92 Å². The summed E-state index contributed by atoms with van der Waals surface area (Å²) in [6.45, 7) is 5.79. The highest BCUT2D eigenvalue weighted by atomic mass is 16.5. The number of hydrogen-bond donors (Lipinski definition) is 1. The average molecular weight is 166 g/mol. The zero-order valence-electron chi connectivity index (χ0n) is 7.66. The monoisotopic (exact) mass is 166 g/mol. The fourth-order valence-electron chi connectivity index (χ4n) is 0.981. The molecule has 0 radical (unpaired) electrons. The van der Waals surface area contributed by atoms with Gasteiger partial charge < -0.3 is 9.84 Å². The van der Waals surface area contributed by atoms with Gasteiger partial charge in [-0.15, -0.1) is 0 Å². The molecule has 0 saturated carbocycles. The Labute approximate surface area is 72.8 Å². The molecule has 0 aliphatic rings. The maximum Gasteiger partial charge on any atom is 0.161 e. The van der Waals surface area contributed by atoms with Crippen molar-refractivity contribution >= 4 is 0 Å². The number of benzene rings is 1. The summed E-state index contributed by atoms with van der Waals surface area (Å²) in [5.41, 5.74) is 1.03. The molecular weight excluding hydrogens is 152 g/mol. The summed E-state index contributed by atoms with van der Waals surface area (Å²) in [6, 6.07) is 5.39. The first-order chi connectivity index (χ1) is 5.59. The van der Waals surface area contributed by atoms with Crippen LogP contribution in [0.3, 0.4) is 0 Å². The van der Waals surface area contributed by atoms with Crippen LogP contribution in [0.4, 0.5) is 0 Å². The van der Waals surface area contributed by atoms with E-state index in [9.17, 15) is 5.11 Å². The topological polar surface area (TPSA) is 29.5 Å². The highest BCUT2D eigenvalue weighted by molar-refractivity contribution is 5.41. The van der Waals surface area contributed by atoms with Crippen molar-refractivity contribution in [1.29, 1.82) is 0 Å². The predicted molar refractivity (Wildman–Crippen MR) is 48.6 cm³/mol. The van der Waals surface area contributed by atoms with Gasteiger partial charge in [0.15, 0.2) is 11.5 Å². The van der Waals surface area contributed by atoms with E-state index in [-0.39, 0.29) is 11.9 Å². The van der Waals surface area contributed by atoms with Crippen molar-refractivity contribution in [3.05, 3.63) is 23.8 Å². The standard InChI is InChI=1S/C10H14O2/c1-7(2)12-10-5-4-8(3)6-9(10)11/h4-7,11H,1-3H3. The Morgan fingerprint density at radius 2 is 2.00 bits per heavy atom. The first-order valence-electron chi connectivity index (χ1n) is 4.06. The van der Waals surface area contributed by atoms with E-state index in [2.05, 4.69) is 0 Å². The first-order valence-corrected chi connectivity index (χ1v) is 4.06. The maximum absolute atomic E-state index is 9.42.